The molecule has 1 aromatic heterocycles. The second kappa shape index (κ2) is 3.98. The summed E-state index contributed by atoms with van der Waals surface area (Å²) in [4.78, 5) is 6.98. The Balaban J connectivity index is 2.42. The van der Waals surface area contributed by atoms with Crippen molar-refractivity contribution in [2.24, 2.45) is 0 Å². The first-order valence-electron chi connectivity index (χ1n) is 5.01. The Hall–Kier alpha value is -1.81. The van der Waals surface area contributed by atoms with Crippen molar-refractivity contribution in [1.29, 1.82) is 0 Å². The summed E-state index contributed by atoms with van der Waals surface area (Å²) < 4.78 is 5.13. The summed E-state index contributed by atoms with van der Waals surface area (Å²) in [5.41, 5.74) is -0.403. The fraction of sp³-hybridized carbons (Fsp3) is 0.250. The summed E-state index contributed by atoms with van der Waals surface area (Å²) in [6.45, 7) is 1.70. The Labute approximate surface area is 93.9 Å². The second-order valence-electron chi connectivity index (χ2n) is 3.74. The number of rotatable bonds is 3. The summed E-state index contributed by atoms with van der Waals surface area (Å²) in [7, 11) is 1.60. The van der Waals surface area contributed by atoms with E-state index in [9.17, 15) is 5.11 Å². The zero-order valence-corrected chi connectivity index (χ0v) is 9.27. The predicted molar refractivity (Wildman–Crippen MR) is 60.3 cm³/mol. The van der Waals surface area contributed by atoms with Crippen LogP contribution in [0, 0.1) is 0 Å². The van der Waals surface area contributed by atoms with Crippen molar-refractivity contribution >= 4 is 0 Å². The van der Waals surface area contributed by atoms with E-state index in [2.05, 4.69) is 9.97 Å². The van der Waals surface area contributed by atoms with Crippen molar-refractivity contribution < 1.29 is 9.84 Å². The maximum absolute atomic E-state index is 10.4. The van der Waals surface area contributed by atoms with Gasteiger partial charge in [0.25, 0.3) is 0 Å². The van der Waals surface area contributed by atoms with Crippen molar-refractivity contribution in [2.45, 2.75) is 12.5 Å². The van der Waals surface area contributed by atoms with Crippen molar-refractivity contribution in [3.63, 3.8) is 0 Å². The van der Waals surface area contributed by atoms with Gasteiger partial charge >= 0.3 is 0 Å². The molecule has 0 aliphatic heterocycles. The van der Waals surface area contributed by atoms with Crippen LogP contribution in [0.1, 0.15) is 18.3 Å². The molecular weight excluding hydrogens is 204 g/mol. The number of nitrogens with one attached hydrogen (secondary N) is 1. The molecule has 0 aliphatic rings. The molecule has 0 radical (unpaired) electrons. The molecule has 4 nitrogen and oxygen atoms in total. The quantitative estimate of drug-likeness (QED) is 0.824. The van der Waals surface area contributed by atoms with E-state index in [1.54, 1.807) is 32.5 Å². The fourth-order valence-corrected chi connectivity index (χ4v) is 1.59. The lowest BCUT2D eigenvalue weighted by atomic mass is 9.95. The van der Waals surface area contributed by atoms with Crippen LogP contribution < -0.4 is 4.74 Å². The van der Waals surface area contributed by atoms with Gasteiger partial charge in [-0.3, -0.25) is 0 Å². The van der Waals surface area contributed by atoms with Gasteiger partial charge in [0.2, 0.25) is 0 Å². The first-order valence-corrected chi connectivity index (χ1v) is 5.01. The number of imidazole rings is 1. The number of aromatic amines is 1. The van der Waals surface area contributed by atoms with Crippen LogP contribution in [0.5, 0.6) is 5.75 Å². The van der Waals surface area contributed by atoms with Gasteiger partial charge in [0, 0.05) is 12.4 Å². The van der Waals surface area contributed by atoms with Gasteiger partial charge in [0.1, 0.15) is 17.2 Å². The zero-order valence-electron chi connectivity index (χ0n) is 9.27. The fourth-order valence-electron chi connectivity index (χ4n) is 1.59. The number of nitrogens with zero attached hydrogens (tertiary/aromatic N) is 1. The highest BCUT2D eigenvalue weighted by molar-refractivity contribution is 5.35. The van der Waals surface area contributed by atoms with E-state index in [1.165, 1.54) is 0 Å². The van der Waals surface area contributed by atoms with E-state index in [4.69, 9.17) is 4.74 Å². The molecule has 0 spiro atoms. The molecule has 0 saturated carbocycles. The van der Waals surface area contributed by atoms with Gasteiger partial charge in [0.15, 0.2) is 0 Å². The first kappa shape index (κ1) is 10.7. The monoisotopic (exact) mass is 218 g/mol. The number of hydrogen-bond acceptors (Lipinski definition) is 3. The highest BCUT2D eigenvalue weighted by Gasteiger charge is 2.28. The molecule has 2 N–H and O–H groups in total. The Bertz CT molecular complexity index is 464. The molecule has 1 heterocycles. The van der Waals surface area contributed by atoms with Gasteiger partial charge < -0.3 is 14.8 Å². The number of ether oxygens (including phenoxy) is 1. The number of methoxy groups -OCH3 is 1. The molecule has 0 aliphatic carbocycles. The molecule has 1 atom stereocenters. The highest BCUT2D eigenvalue weighted by Crippen LogP contribution is 2.28. The molecule has 0 fully saturated rings. The molecule has 0 saturated heterocycles. The minimum atomic E-state index is -1.14. The Kier molecular flexibility index (Phi) is 2.66. The van der Waals surface area contributed by atoms with E-state index in [1.807, 2.05) is 18.2 Å². The third-order valence-electron chi connectivity index (χ3n) is 2.59. The lowest BCUT2D eigenvalue weighted by Crippen LogP contribution is -2.24. The highest BCUT2D eigenvalue weighted by atomic mass is 16.5. The van der Waals surface area contributed by atoms with Crippen LogP contribution in [0.3, 0.4) is 0 Å². The molecule has 0 unspecified atom stereocenters. The lowest BCUT2D eigenvalue weighted by Gasteiger charge is -2.21. The standard InChI is InChI=1S/C12H14N2O2/c1-12(15,11-13-6-7-14-11)9-4-3-5-10(8-9)16-2/h3-8,15H,1-2H3,(H,13,14)/t12-/m0/s1. The predicted octanol–water partition coefficient (Wildman–Crippen LogP) is 1.67. The minimum Gasteiger partial charge on any atom is -0.497 e. The van der Waals surface area contributed by atoms with Crippen LogP contribution in [0.15, 0.2) is 36.7 Å². The average Bonchev–Trinajstić information content (AvgIpc) is 2.83. The third-order valence-corrected chi connectivity index (χ3v) is 2.59. The molecule has 2 aromatic rings. The number of aromatic nitrogens is 2. The van der Waals surface area contributed by atoms with Gasteiger partial charge in [-0.15, -0.1) is 0 Å². The topological polar surface area (TPSA) is 58.1 Å². The number of H-pyrrole nitrogens is 1. The SMILES string of the molecule is COc1cccc([C@](C)(O)c2ncc[nH]2)c1. The van der Waals surface area contributed by atoms with Gasteiger partial charge in [-0.25, -0.2) is 4.98 Å². The molecule has 0 bridgehead atoms. The summed E-state index contributed by atoms with van der Waals surface area (Å²) in [6, 6.07) is 7.31. The van der Waals surface area contributed by atoms with Crippen molar-refractivity contribution in [1.82, 2.24) is 9.97 Å². The summed E-state index contributed by atoms with van der Waals surface area (Å²) in [5.74, 6) is 1.23. The van der Waals surface area contributed by atoms with Crippen LogP contribution in [0.25, 0.3) is 0 Å². The number of aliphatic hydroxyl groups is 1. The van der Waals surface area contributed by atoms with Crippen molar-refractivity contribution in [3.8, 4) is 5.75 Å². The van der Waals surface area contributed by atoms with Crippen LogP contribution in [-0.4, -0.2) is 22.2 Å². The largest absolute Gasteiger partial charge is 0.497 e. The third kappa shape index (κ3) is 1.79. The molecule has 4 heteroatoms. The Morgan fingerprint density at radius 2 is 2.25 bits per heavy atom. The lowest BCUT2D eigenvalue weighted by molar-refractivity contribution is 0.0929. The normalized spacial score (nSPS) is 14.4. The van der Waals surface area contributed by atoms with E-state index >= 15 is 0 Å². The van der Waals surface area contributed by atoms with Gasteiger partial charge in [-0.2, -0.15) is 0 Å². The summed E-state index contributed by atoms with van der Waals surface area (Å²) in [5, 5.41) is 10.4. The summed E-state index contributed by atoms with van der Waals surface area (Å²) in [6.07, 6.45) is 3.30. The minimum absolute atomic E-state index is 0.515. The van der Waals surface area contributed by atoms with E-state index in [0.29, 0.717) is 11.6 Å². The Morgan fingerprint density at radius 3 is 2.88 bits per heavy atom. The molecule has 0 amide bonds. The first-order chi connectivity index (χ1) is 7.64. The molecular formula is C12H14N2O2. The van der Waals surface area contributed by atoms with Crippen molar-refractivity contribution in [2.75, 3.05) is 7.11 Å². The van der Waals surface area contributed by atoms with Gasteiger partial charge in [0.05, 0.1) is 7.11 Å². The van der Waals surface area contributed by atoms with E-state index < -0.39 is 5.60 Å². The van der Waals surface area contributed by atoms with Crippen molar-refractivity contribution in [3.05, 3.63) is 48.0 Å². The molecule has 2 rings (SSSR count). The maximum atomic E-state index is 10.4. The number of benzene rings is 1. The molecule has 1 aromatic carbocycles. The molecule has 16 heavy (non-hydrogen) atoms. The summed E-state index contributed by atoms with van der Waals surface area (Å²) >= 11 is 0. The Morgan fingerprint density at radius 1 is 1.44 bits per heavy atom. The zero-order chi connectivity index (χ0) is 11.6. The average molecular weight is 218 g/mol. The van der Waals surface area contributed by atoms with Crippen LogP contribution >= 0.6 is 0 Å². The number of hydrogen-bond donors (Lipinski definition) is 2. The van der Waals surface area contributed by atoms with Crippen LogP contribution in [0.4, 0.5) is 0 Å². The smallest absolute Gasteiger partial charge is 0.144 e. The molecule has 84 valence electrons. The van der Waals surface area contributed by atoms with E-state index in [-0.39, 0.29) is 0 Å². The van der Waals surface area contributed by atoms with Crippen LogP contribution in [-0.2, 0) is 5.60 Å². The van der Waals surface area contributed by atoms with Gasteiger partial charge in [-0.1, -0.05) is 12.1 Å². The maximum Gasteiger partial charge on any atom is 0.144 e. The second-order valence-corrected chi connectivity index (χ2v) is 3.74. The van der Waals surface area contributed by atoms with E-state index in [0.717, 1.165) is 5.56 Å². The van der Waals surface area contributed by atoms with Gasteiger partial charge in [-0.05, 0) is 24.6 Å². The van der Waals surface area contributed by atoms with Crippen LogP contribution in [0.2, 0.25) is 0 Å².